The Labute approximate surface area is 150 Å². The average molecular weight is 407 g/mol. The fourth-order valence-electron chi connectivity index (χ4n) is 2.24. The number of carbonyl (C=O) groups is 2. The normalized spacial score (nSPS) is 16.9. The molecule has 2 amide bonds. The van der Waals surface area contributed by atoms with E-state index in [0.717, 1.165) is 14.9 Å². The van der Waals surface area contributed by atoms with E-state index < -0.39 is 11.8 Å². The highest BCUT2D eigenvalue weighted by molar-refractivity contribution is 9.10. The number of amides is 2. The Morgan fingerprint density at radius 2 is 2.04 bits per heavy atom. The van der Waals surface area contributed by atoms with E-state index in [0.29, 0.717) is 5.69 Å². The van der Waals surface area contributed by atoms with Gasteiger partial charge in [0.2, 0.25) is 0 Å². The molecule has 0 bridgehead atoms. The third-order valence-electron chi connectivity index (χ3n) is 3.33. The molecule has 0 unspecified atom stereocenters. The van der Waals surface area contributed by atoms with Crippen LogP contribution >= 0.6 is 39.5 Å². The number of rotatable bonds is 2. The average Bonchev–Trinajstić information content (AvgIpc) is 2.91. The number of anilines is 1. The monoisotopic (exact) mass is 406 g/mol. The maximum Gasteiger partial charge on any atom is 0.270 e. The molecule has 0 saturated carbocycles. The highest BCUT2D eigenvalue weighted by Crippen LogP contribution is 2.27. The molecular weight excluding hydrogens is 396 g/mol. The molecular formula is C16H11BrN2O2S2. The van der Waals surface area contributed by atoms with E-state index in [1.165, 1.54) is 16.2 Å². The molecule has 0 spiro atoms. The van der Waals surface area contributed by atoms with Crippen molar-refractivity contribution in [2.45, 2.75) is 6.92 Å². The van der Waals surface area contributed by atoms with Crippen molar-refractivity contribution in [3.05, 3.63) is 56.2 Å². The molecule has 0 atom stereocenters. The van der Waals surface area contributed by atoms with Crippen LogP contribution in [0.3, 0.4) is 0 Å². The molecule has 1 N–H and O–H groups in total. The number of thiocarbonyl (C=S) groups is 1. The van der Waals surface area contributed by atoms with Gasteiger partial charge >= 0.3 is 0 Å². The second kappa shape index (κ2) is 6.35. The maximum absolute atomic E-state index is 12.8. The highest BCUT2D eigenvalue weighted by Gasteiger charge is 2.35. The van der Waals surface area contributed by atoms with Crippen molar-refractivity contribution in [3.8, 4) is 0 Å². The van der Waals surface area contributed by atoms with E-state index in [9.17, 15) is 9.59 Å². The number of halogens is 1. The van der Waals surface area contributed by atoms with Crippen molar-refractivity contribution in [3.63, 3.8) is 0 Å². The maximum atomic E-state index is 12.8. The number of nitrogens with one attached hydrogen (secondary N) is 1. The van der Waals surface area contributed by atoms with Crippen LogP contribution in [0.1, 0.15) is 10.4 Å². The molecule has 7 heteroatoms. The molecule has 0 aliphatic carbocycles. The Morgan fingerprint density at radius 1 is 1.30 bits per heavy atom. The number of hydrogen-bond donors (Lipinski definition) is 1. The number of benzene rings is 1. The van der Waals surface area contributed by atoms with Gasteiger partial charge in [-0.3, -0.25) is 19.8 Å². The van der Waals surface area contributed by atoms with Crippen molar-refractivity contribution in [2.24, 2.45) is 0 Å². The van der Waals surface area contributed by atoms with Crippen LogP contribution in [-0.2, 0) is 9.59 Å². The van der Waals surface area contributed by atoms with Gasteiger partial charge in [-0.25, -0.2) is 0 Å². The summed E-state index contributed by atoms with van der Waals surface area (Å²) in [4.78, 5) is 27.2. The van der Waals surface area contributed by atoms with E-state index in [1.54, 1.807) is 12.1 Å². The number of nitrogens with zero attached hydrogens (tertiary/aromatic N) is 1. The second-order valence-corrected chi connectivity index (χ2v) is 7.16. The van der Waals surface area contributed by atoms with Gasteiger partial charge < -0.3 is 0 Å². The molecule has 1 aromatic heterocycles. The summed E-state index contributed by atoms with van der Waals surface area (Å²) in [7, 11) is 0. The van der Waals surface area contributed by atoms with Crippen molar-refractivity contribution in [2.75, 3.05) is 4.90 Å². The van der Waals surface area contributed by atoms with Gasteiger partial charge in [0.1, 0.15) is 5.57 Å². The Balaban J connectivity index is 2.04. The standard InChI is InChI=1S/C16H11BrN2O2S2/c1-9-4-2-3-5-13(9)19-15(21)12(14(20)18-16(19)22)7-11-6-10(17)8-23-11/h2-8H,1H3,(H,18,20,22)/b12-7+. The lowest BCUT2D eigenvalue weighted by atomic mass is 10.1. The number of aryl methyl sites for hydroxylation is 1. The molecule has 116 valence electrons. The van der Waals surface area contributed by atoms with Crippen molar-refractivity contribution in [1.82, 2.24) is 5.32 Å². The first kappa shape index (κ1) is 16.0. The molecule has 1 saturated heterocycles. The fourth-order valence-corrected chi connectivity index (χ4v) is 3.89. The first-order valence-corrected chi connectivity index (χ1v) is 8.76. The van der Waals surface area contributed by atoms with Gasteiger partial charge in [-0.05, 0) is 58.8 Å². The number of carbonyl (C=O) groups excluding carboxylic acids is 2. The minimum Gasteiger partial charge on any atom is -0.298 e. The van der Waals surface area contributed by atoms with E-state index in [2.05, 4.69) is 21.2 Å². The molecule has 1 aromatic carbocycles. The van der Waals surface area contributed by atoms with Gasteiger partial charge in [-0.2, -0.15) is 0 Å². The fraction of sp³-hybridized carbons (Fsp3) is 0.0625. The molecule has 1 aliphatic heterocycles. The van der Waals surface area contributed by atoms with Crippen LogP contribution in [0.4, 0.5) is 5.69 Å². The summed E-state index contributed by atoms with van der Waals surface area (Å²) in [5.74, 6) is -0.896. The molecule has 1 aliphatic rings. The number of para-hydroxylation sites is 1. The zero-order valence-corrected chi connectivity index (χ0v) is 15.2. The van der Waals surface area contributed by atoms with E-state index in [1.807, 2.05) is 36.6 Å². The first-order chi connectivity index (χ1) is 11.0. The summed E-state index contributed by atoms with van der Waals surface area (Å²) in [6.07, 6.45) is 1.58. The third-order valence-corrected chi connectivity index (χ3v) is 5.26. The van der Waals surface area contributed by atoms with Crippen molar-refractivity contribution in [1.29, 1.82) is 0 Å². The summed E-state index contributed by atoms with van der Waals surface area (Å²) in [5, 5.41) is 4.57. The smallest absolute Gasteiger partial charge is 0.270 e. The lowest BCUT2D eigenvalue weighted by Gasteiger charge is -2.29. The SMILES string of the molecule is Cc1ccccc1N1C(=O)/C(=C/c2cc(Br)cs2)C(=O)NC1=S. The summed E-state index contributed by atoms with van der Waals surface area (Å²) >= 11 is 9.99. The second-order valence-electron chi connectivity index (χ2n) is 4.91. The predicted molar refractivity (Wildman–Crippen MR) is 99.4 cm³/mol. The summed E-state index contributed by atoms with van der Waals surface area (Å²) in [6, 6.07) is 9.25. The number of hydrogen-bond acceptors (Lipinski definition) is 4. The lowest BCUT2D eigenvalue weighted by Crippen LogP contribution is -2.54. The minimum atomic E-state index is -0.477. The Kier molecular flexibility index (Phi) is 4.43. The Bertz CT molecular complexity index is 857. The van der Waals surface area contributed by atoms with Gasteiger partial charge in [0.15, 0.2) is 5.11 Å². The molecule has 3 rings (SSSR count). The molecule has 2 aromatic rings. The summed E-state index contributed by atoms with van der Waals surface area (Å²) in [5.41, 5.74) is 1.63. The van der Waals surface area contributed by atoms with Gasteiger partial charge in [-0.1, -0.05) is 18.2 Å². The molecule has 23 heavy (non-hydrogen) atoms. The van der Waals surface area contributed by atoms with Gasteiger partial charge in [0.05, 0.1) is 5.69 Å². The van der Waals surface area contributed by atoms with Crippen LogP contribution in [0, 0.1) is 6.92 Å². The molecule has 0 radical (unpaired) electrons. The van der Waals surface area contributed by atoms with Crippen LogP contribution in [0.25, 0.3) is 6.08 Å². The first-order valence-electron chi connectivity index (χ1n) is 6.68. The minimum absolute atomic E-state index is 0.0659. The highest BCUT2D eigenvalue weighted by atomic mass is 79.9. The topological polar surface area (TPSA) is 49.4 Å². The summed E-state index contributed by atoms with van der Waals surface area (Å²) < 4.78 is 0.907. The molecule has 1 fully saturated rings. The lowest BCUT2D eigenvalue weighted by molar-refractivity contribution is -0.122. The van der Waals surface area contributed by atoms with Crippen LogP contribution in [0.2, 0.25) is 0 Å². The van der Waals surface area contributed by atoms with Crippen LogP contribution in [0.5, 0.6) is 0 Å². The zero-order valence-electron chi connectivity index (χ0n) is 12.0. The number of thiophene rings is 1. The molecule has 2 heterocycles. The van der Waals surface area contributed by atoms with Gasteiger partial charge in [0, 0.05) is 14.7 Å². The predicted octanol–water partition coefficient (Wildman–Crippen LogP) is 3.65. The van der Waals surface area contributed by atoms with E-state index in [-0.39, 0.29) is 10.7 Å². The van der Waals surface area contributed by atoms with E-state index in [4.69, 9.17) is 12.2 Å². The van der Waals surface area contributed by atoms with Crippen LogP contribution in [0.15, 0.2) is 45.8 Å². The third kappa shape index (κ3) is 3.12. The van der Waals surface area contributed by atoms with E-state index >= 15 is 0 Å². The zero-order chi connectivity index (χ0) is 16.6. The van der Waals surface area contributed by atoms with Crippen molar-refractivity contribution < 1.29 is 9.59 Å². The quantitative estimate of drug-likeness (QED) is 0.470. The molecule has 4 nitrogen and oxygen atoms in total. The van der Waals surface area contributed by atoms with Crippen molar-refractivity contribution >= 4 is 68.2 Å². The van der Waals surface area contributed by atoms with Gasteiger partial charge in [0.25, 0.3) is 11.8 Å². The largest absolute Gasteiger partial charge is 0.298 e. The van der Waals surface area contributed by atoms with Crippen LogP contribution < -0.4 is 10.2 Å². The Hall–Kier alpha value is -1.83. The Morgan fingerprint density at radius 3 is 2.70 bits per heavy atom. The van der Waals surface area contributed by atoms with Gasteiger partial charge in [-0.15, -0.1) is 11.3 Å². The summed E-state index contributed by atoms with van der Waals surface area (Å²) in [6.45, 7) is 1.89. The van der Waals surface area contributed by atoms with Crippen LogP contribution in [-0.4, -0.2) is 16.9 Å².